The second-order valence-corrected chi connectivity index (χ2v) is 3.09. The van der Waals surface area contributed by atoms with Crippen LogP contribution in [0.4, 0.5) is 0 Å². The summed E-state index contributed by atoms with van der Waals surface area (Å²) >= 11 is 3.34. The number of aliphatic hydroxyl groups excluding tert-OH is 1. The molecule has 1 rings (SSSR count). The lowest BCUT2D eigenvalue weighted by atomic mass is 10.3. The van der Waals surface area contributed by atoms with Crippen molar-refractivity contribution in [3.63, 3.8) is 0 Å². The minimum absolute atomic E-state index is 0.126. The van der Waals surface area contributed by atoms with E-state index >= 15 is 0 Å². The van der Waals surface area contributed by atoms with E-state index in [0.717, 1.165) is 10.2 Å². The second-order valence-electron chi connectivity index (χ2n) is 2.23. The molecule has 68 valence electrons. The van der Waals surface area contributed by atoms with Gasteiger partial charge in [-0.2, -0.15) is 0 Å². The molecule has 0 spiro atoms. The molecular weight excluding hydrogens is 232 g/mol. The van der Waals surface area contributed by atoms with Gasteiger partial charge in [-0.15, -0.1) is 0 Å². The molecule has 0 aliphatic heterocycles. The molecule has 2 nitrogen and oxygen atoms in total. The Hall–Kier alpha value is -0.980. The molecule has 0 radical (unpaired) electrons. The van der Waals surface area contributed by atoms with E-state index in [4.69, 9.17) is 9.84 Å². The van der Waals surface area contributed by atoms with Gasteiger partial charge in [0.2, 0.25) is 0 Å². The van der Waals surface area contributed by atoms with Gasteiger partial charge in [-0.1, -0.05) is 24.0 Å². The molecule has 0 fully saturated rings. The monoisotopic (exact) mass is 240 g/mol. The van der Waals surface area contributed by atoms with Gasteiger partial charge in [0.15, 0.2) is 0 Å². The SMILES string of the molecule is OCC#CCOc1ccccc1Br. The zero-order chi connectivity index (χ0) is 9.52. The van der Waals surface area contributed by atoms with Crippen molar-refractivity contribution in [2.45, 2.75) is 0 Å². The average Bonchev–Trinajstić information content (AvgIpc) is 2.15. The minimum atomic E-state index is -0.126. The summed E-state index contributed by atoms with van der Waals surface area (Å²) in [6.07, 6.45) is 0. The van der Waals surface area contributed by atoms with Crippen molar-refractivity contribution in [1.29, 1.82) is 0 Å². The highest BCUT2D eigenvalue weighted by Crippen LogP contribution is 2.23. The Morgan fingerprint density at radius 3 is 2.77 bits per heavy atom. The Kier molecular flexibility index (Phi) is 4.37. The smallest absolute Gasteiger partial charge is 0.149 e. The van der Waals surface area contributed by atoms with Crippen LogP contribution in [0, 0.1) is 11.8 Å². The van der Waals surface area contributed by atoms with Crippen molar-refractivity contribution in [2.24, 2.45) is 0 Å². The van der Waals surface area contributed by atoms with Crippen molar-refractivity contribution in [1.82, 2.24) is 0 Å². The third-order valence-corrected chi connectivity index (χ3v) is 2.00. The number of rotatable bonds is 2. The van der Waals surface area contributed by atoms with Crippen molar-refractivity contribution in [3.8, 4) is 17.6 Å². The molecule has 3 heteroatoms. The maximum Gasteiger partial charge on any atom is 0.149 e. The first-order chi connectivity index (χ1) is 6.34. The van der Waals surface area contributed by atoms with Gasteiger partial charge in [0.25, 0.3) is 0 Å². The van der Waals surface area contributed by atoms with Gasteiger partial charge in [-0.3, -0.25) is 0 Å². The number of para-hydroxylation sites is 1. The number of ether oxygens (including phenoxy) is 1. The third-order valence-electron chi connectivity index (χ3n) is 1.34. The summed E-state index contributed by atoms with van der Waals surface area (Å²) < 4.78 is 6.21. The van der Waals surface area contributed by atoms with Gasteiger partial charge in [0.05, 0.1) is 4.47 Å². The lowest BCUT2D eigenvalue weighted by molar-refractivity contribution is 0.347. The zero-order valence-electron chi connectivity index (χ0n) is 6.96. The van der Waals surface area contributed by atoms with E-state index in [9.17, 15) is 0 Å². The van der Waals surface area contributed by atoms with E-state index in [1.54, 1.807) is 0 Å². The van der Waals surface area contributed by atoms with E-state index in [-0.39, 0.29) is 6.61 Å². The molecule has 0 aliphatic rings. The normalized spacial score (nSPS) is 8.77. The molecular formula is C10H9BrO2. The maximum absolute atomic E-state index is 8.38. The van der Waals surface area contributed by atoms with Crippen LogP contribution in [0.3, 0.4) is 0 Å². The van der Waals surface area contributed by atoms with Gasteiger partial charge in [0, 0.05) is 0 Å². The number of hydrogen-bond donors (Lipinski definition) is 1. The standard InChI is InChI=1S/C10H9BrO2/c11-9-5-1-2-6-10(9)13-8-4-3-7-12/h1-2,5-6,12H,7-8H2. The largest absolute Gasteiger partial charge is 0.480 e. The maximum atomic E-state index is 8.38. The Balaban J connectivity index is 2.50. The highest BCUT2D eigenvalue weighted by molar-refractivity contribution is 9.10. The van der Waals surface area contributed by atoms with Crippen LogP contribution in [0.25, 0.3) is 0 Å². The van der Waals surface area contributed by atoms with E-state index in [1.807, 2.05) is 24.3 Å². The van der Waals surface area contributed by atoms with Crippen molar-refractivity contribution < 1.29 is 9.84 Å². The van der Waals surface area contributed by atoms with Crippen LogP contribution in [0.1, 0.15) is 0 Å². The van der Waals surface area contributed by atoms with Gasteiger partial charge in [-0.25, -0.2) is 0 Å². The zero-order valence-corrected chi connectivity index (χ0v) is 8.54. The summed E-state index contributed by atoms with van der Waals surface area (Å²) in [7, 11) is 0. The Labute approximate surface area is 85.7 Å². The number of hydrogen-bond acceptors (Lipinski definition) is 2. The quantitative estimate of drug-likeness (QED) is 0.800. The highest BCUT2D eigenvalue weighted by atomic mass is 79.9. The van der Waals surface area contributed by atoms with Crippen molar-refractivity contribution in [3.05, 3.63) is 28.7 Å². The van der Waals surface area contributed by atoms with E-state index < -0.39 is 0 Å². The minimum Gasteiger partial charge on any atom is -0.480 e. The predicted octanol–water partition coefficient (Wildman–Crippen LogP) is 1.82. The lowest BCUT2D eigenvalue weighted by Gasteiger charge is -2.02. The fourth-order valence-electron chi connectivity index (χ4n) is 0.783. The van der Waals surface area contributed by atoms with Crippen LogP contribution in [-0.2, 0) is 0 Å². The summed E-state index contributed by atoms with van der Waals surface area (Å²) in [5.41, 5.74) is 0. The van der Waals surface area contributed by atoms with E-state index in [1.165, 1.54) is 0 Å². The van der Waals surface area contributed by atoms with Gasteiger partial charge in [-0.05, 0) is 28.1 Å². The molecule has 0 atom stereocenters. The first-order valence-electron chi connectivity index (χ1n) is 3.78. The molecule has 0 aromatic heterocycles. The second kappa shape index (κ2) is 5.63. The van der Waals surface area contributed by atoms with Crippen LogP contribution in [0.15, 0.2) is 28.7 Å². The molecule has 0 bridgehead atoms. The average molecular weight is 241 g/mol. The fourth-order valence-corrected chi connectivity index (χ4v) is 1.18. The van der Waals surface area contributed by atoms with E-state index in [2.05, 4.69) is 27.8 Å². The van der Waals surface area contributed by atoms with Gasteiger partial charge >= 0.3 is 0 Å². The first-order valence-corrected chi connectivity index (χ1v) is 4.58. The topological polar surface area (TPSA) is 29.5 Å². The Morgan fingerprint density at radius 1 is 1.31 bits per heavy atom. The number of benzene rings is 1. The molecule has 1 N–H and O–H groups in total. The molecule has 0 aliphatic carbocycles. The Bertz CT molecular complexity index is 325. The first kappa shape index (κ1) is 10.1. The molecule has 13 heavy (non-hydrogen) atoms. The Morgan fingerprint density at radius 2 is 2.08 bits per heavy atom. The third kappa shape index (κ3) is 3.49. The van der Waals surface area contributed by atoms with Crippen LogP contribution in [0.2, 0.25) is 0 Å². The molecule has 0 saturated heterocycles. The van der Waals surface area contributed by atoms with Crippen LogP contribution in [0.5, 0.6) is 5.75 Å². The summed E-state index contributed by atoms with van der Waals surface area (Å²) in [6.45, 7) is 0.169. The molecule has 0 amide bonds. The molecule has 0 heterocycles. The molecule has 1 aromatic carbocycles. The summed E-state index contributed by atoms with van der Waals surface area (Å²) in [5.74, 6) is 5.93. The summed E-state index contributed by atoms with van der Waals surface area (Å²) in [5, 5.41) is 8.38. The molecule has 0 saturated carbocycles. The van der Waals surface area contributed by atoms with Crippen LogP contribution >= 0.6 is 15.9 Å². The lowest BCUT2D eigenvalue weighted by Crippen LogP contribution is -1.94. The van der Waals surface area contributed by atoms with Crippen molar-refractivity contribution in [2.75, 3.05) is 13.2 Å². The fraction of sp³-hybridized carbons (Fsp3) is 0.200. The molecule has 1 aromatic rings. The molecule has 0 unspecified atom stereocenters. The number of halogens is 1. The van der Waals surface area contributed by atoms with E-state index in [0.29, 0.717) is 6.61 Å². The summed E-state index contributed by atoms with van der Waals surface area (Å²) in [4.78, 5) is 0. The van der Waals surface area contributed by atoms with Crippen molar-refractivity contribution >= 4 is 15.9 Å². The predicted molar refractivity (Wildman–Crippen MR) is 54.5 cm³/mol. The van der Waals surface area contributed by atoms with Gasteiger partial charge in [0.1, 0.15) is 19.0 Å². The summed E-state index contributed by atoms with van der Waals surface area (Å²) in [6, 6.07) is 7.55. The van der Waals surface area contributed by atoms with Crippen LogP contribution in [-0.4, -0.2) is 18.3 Å². The number of aliphatic hydroxyl groups is 1. The van der Waals surface area contributed by atoms with Crippen LogP contribution < -0.4 is 4.74 Å². The van der Waals surface area contributed by atoms with Gasteiger partial charge < -0.3 is 9.84 Å². The highest BCUT2D eigenvalue weighted by Gasteiger charge is 1.95.